The largest absolute Gasteiger partial charge is 0.464 e. The number of esters is 1. The molecule has 5 heteroatoms. The Hall–Kier alpha value is -1.88. The molecule has 1 aromatic carbocycles. The molecule has 0 radical (unpaired) electrons. The topological polar surface area (TPSA) is 75.6 Å². The Morgan fingerprint density at radius 1 is 1.33 bits per heavy atom. The molecule has 5 nitrogen and oxygen atoms in total. The zero-order valence-electron chi connectivity index (χ0n) is 10.4. The van der Waals surface area contributed by atoms with Crippen LogP contribution in [0.15, 0.2) is 30.3 Å². The summed E-state index contributed by atoms with van der Waals surface area (Å²) in [5.74, 6) is -1.05. The number of carbonyl (C=O) groups excluding carboxylic acids is 2. The lowest BCUT2D eigenvalue weighted by atomic mass is 10.0. The van der Waals surface area contributed by atoms with Crippen molar-refractivity contribution < 1.29 is 19.4 Å². The molecule has 1 rings (SSSR count). The van der Waals surface area contributed by atoms with Gasteiger partial charge in [0, 0.05) is 6.92 Å². The highest BCUT2D eigenvalue weighted by molar-refractivity contribution is 5.83. The standard InChI is InChI=1S/C13H17NO4/c1-3-18-13(17)11(14-9(2)15)12(16)10-7-5-4-6-8-10/h4-8,11-12,16H,3H2,1-2H3,(H,14,15)/t11-,12-/m0/s1. The summed E-state index contributed by atoms with van der Waals surface area (Å²) in [7, 11) is 0. The molecule has 0 saturated carbocycles. The molecule has 1 amide bonds. The smallest absolute Gasteiger partial charge is 0.331 e. The summed E-state index contributed by atoms with van der Waals surface area (Å²) < 4.78 is 4.83. The van der Waals surface area contributed by atoms with E-state index in [1.54, 1.807) is 37.3 Å². The minimum absolute atomic E-state index is 0.191. The van der Waals surface area contributed by atoms with Crippen LogP contribution >= 0.6 is 0 Å². The van der Waals surface area contributed by atoms with Crippen LogP contribution in [0, 0.1) is 0 Å². The molecule has 0 aromatic heterocycles. The van der Waals surface area contributed by atoms with Gasteiger partial charge in [-0.2, -0.15) is 0 Å². The predicted molar refractivity (Wildman–Crippen MR) is 65.6 cm³/mol. The molecule has 0 bridgehead atoms. The average molecular weight is 251 g/mol. The summed E-state index contributed by atoms with van der Waals surface area (Å²) in [6, 6.07) is 7.55. The third kappa shape index (κ3) is 3.85. The first-order valence-electron chi connectivity index (χ1n) is 5.73. The number of rotatable bonds is 5. The molecule has 0 aliphatic carbocycles. The number of ether oxygens (including phenoxy) is 1. The van der Waals surface area contributed by atoms with Crippen molar-refractivity contribution in [1.29, 1.82) is 0 Å². The maximum atomic E-state index is 11.7. The van der Waals surface area contributed by atoms with Crippen LogP contribution in [0.4, 0.5) is 0 Å². The highest BCUT2D eigenvalue weighted by Gasteiger charge is 2.29. The van der Waals surface area contributed by atoms with Gasteiger partial charge in [0.25, 0.3) is 0 Å². The molecule has 2 atom stereocenters. The van der Waals surface area contributed by atoms with E-state index >= 15 is 0 Å². The molecular formula is C13H17NO4. The molecule has 0 unspecified atom stereocenters. The van der Waals surface area contributed by atoms with Gasteiger partial charge in [0.1, 0.15) is 6.10 Å². The number of aliphatic hydroxyl groups excluding tert-OH is 1. The van der Waals surface area contributed by atoms with E-state index in [1.165, 1.54) is 6.92 Å². The van der Waals surface area contributed by atoms with E-state index < -0.39 is 24.0 Å². The van der Waals surface area contributed by atoms with Crippen molar-refractivity contribution in [3.63, 3.8) is 0 Å². The highest BCUT2D eigenvalue weighted by Crippen LogP contribution is 2.17. The van der Waals surface area contributed by atoms with Crippen LogP contribution in [0.1, 0.15) is 25.5 Å². The third-order valence-electron chi connectivity index (χ3n) is 2.36. The van der Waals surface area contributed by atoms with Gasteiger partial charge in [0.15, 0.2) is 6.04 Å². The van der Waals surface area contributed by atoms with Gasteiger partial charge in [0.2, 0.25) is 5.91 Å². The molecular weight excluding hydrogens is 234 g/mol. The summed E-state index contributed by atoms with van der Waals surface area (Å²) >= 11 is 0. The fourth-order valence-electron chi connectivity index (χ4n) is 1.56. The number of carbonyl (C=O) groups is 2. The Morgan fingerprint density at radius 3 is 2.44 bits per heavy atom. The maximum absolute atomic E-state index is 11.7. The average Bonchev–Trinajstić information content (AvgIpc) is 2.36. The molecule has 0 spiro atoms. The third-order valence-corrected chi connectivity index (χ3v) is 2.36. The molecule has 98 valence electrons. The number of aliphatic hydroxyl groups is 1. The number of benzene rings is 1. The van der Waals surface area contributed by atoms with Gasteiger partial charge < -0.3 is 15.2 Å². The lowest BCUT2D eigenvalue weighted by molar-refractivity contribution is -0.150. The monoisotopic (exact) mass is 251 g/mol. The SMILES string of the molecule is CCOC(=O)[C@@H](NC(C)=O)[C@@H](O)c1ccccc1. The molecule has 0 fully saturated rings. The molecule has 2 N–H and O–H groups in total. The maximum Gasteiger partial charge on any atom is 0.331 e. The lowest BCUT2D eigenvalue weighted by Crippen LogP contribution is -2.45. The number of nitrogens with one attached hydrogen (secondary N) is 1. The minimum atomic E-state index is -1.13. The Bertz CT molecular complexity index is 405. The van der Waals surface area contributed by atoms with Crippen LogP contribution in [0.5, 0.6) is 0 Å². The Kier molecular flexibility index (Phi) is 5.32. The van der Waals surface area contributed by atoms with Crippen molar-refractivity contribution >= 4 is 11.9 Å². The van der Waals surface area contributed by atoms with Crippen LogP contribution in [0.25, 0.3) is 0 Å². The first-order chi connectivity index (χ1) is 8.56. The highest BCUT2D eigenvalue weighted by atomic mass is 16.5. The van der Waals surface area contributed by atoms with Crippen LogP contribution < -0.4 is 5.32 Å². The number of hydrogen-bond acceptors (Lipinski definition) is 4. The first kappa shape index (κ1) is 14.2. The van der Waals surface area contributed by atoms with Crippen molar-refractivity contribution in [3.05, 3.63) is 35.9 Å². The molecule has 0 aliphatic rings. The van der Waals surface area contributed by atoms with Crippen molar-refractivity contribution in [2.24, 2.45) is 0 Å². The summed E-state index contributed by atoms with van der Waals surface area (Å²) in [6.07, 6.45) is -1.13. The second-order valence-electron chi connectivity index (χ2n) is 3.79. The van der Waals surface area contributed by atoms with E-state index in [0.717, 1.165) is 0 Å². The summed E-state index contributed by atoms with van der Waals surface area (Å²) in [6.45, 7) is 3.14. The Morgan fingerprint density at radius 2 is 1.94 bits per heavy atom. The summed E-state index contributed by atoms with van der Waals surface area (Å²) in [5, 5.41) is 12.5. The van der Waals surface area contributed by atoms with E-state index in [2.05, 4.69) is 5.32 Å². The second-order valence-corrected chi connectivity index (χ2v) is 3.79. The van der Waals surface area contributed by atoms with Crippen LogP contribution in [-0.4, -0.2) is 29.6 Å². The minimum Gasteiger partial charge on any atom is -0.464 e. The van der Waals surface area contributed by atoms with Gasteiger partial charge in [-0.3, -0.25) is 4.79 Å². The van der Waals surface area contributed by atoms with Gasteiger partial charge in [-0.25, -0.2) is 4.79 Å². The first-order valence-corrected chi connectivity index (χ1v) is 5.73. The van der Waals surface area contributed by atoms with Crippen molar-refractivity contribution in [1.82, 2.24) is 5.32 Å². The normalized spacial score (nSPS) is 13.5. The second kappa shape index (κ2) is 6.76. The van der Waals surface area contributed by atoms with Gasteiger partial charge in [-0.05, 0) is 12.5 Å². The predicted octanol–water partition coefficient (Wildman–Crippen LogP) is 0.788. The van der Waals surface area contributed by atoms with Gasteiger partial charge >= 0.3 is 5.97 Å². The fraction of sp³-hybridized carbons (Fsp3) is 0.385. The van der Waals surface area contributed by atoms with E-state index in [-0.39, 0.29) is 6.61 Å². The number of amides is 1. The zero-order chi connectivity index (χ0) is 13.5. The van der Waals surface area contributed by atoms with E-state index in [1.807, 2.05) is 0 Å². The molecule has 18 heavy (non-hydrogen) atoms. The zero-order valence-corrected chi connectivity index (χ0v) is 10.4. The van der Waals surface area contributed by atoms with E-state index in [9.17, 15) is 14.7 Å². The molecule has 1 aromatic rings. The van der Waals surface area contributed by atoms with Crippen LogP contribution in [-0.2, 0) is 14.3 Å². The van der Waals surface area contributed by atoms with Crippen molar-refractivity contribution in [2.45, 2.75) is 26.0 Å². The van der Waals surface area contributed by atoms with Gasteiger partial charge in [-0.1, -0.05) is 30.3 Å². The number of hydrogen-bond donors (Lipinski definition) is 2. The molecule has 0 aliphatic heterocycles. The Balaban J connectivity index is 2.88. The van der Waals surface area contributed by atoms with Crippen LogP contribution in [0.2, 0.25) is 0 Å². The van der Waals surface area contributed by atoms with Crippen LogP contribution in [0.3, 0.4) is 0 Å². The van der Waals surface area contributed by atoms with Gasteiger partial charge in [0.05, 0.1) is 6.61 Å². The lowest BCUT2D eigenvalue weighted by Gasteiger charge is -2.22. The fourth-order valence-corrected chi connectivity index (χ4v) is 1.56. The van der Waals surface area contributed by atoms with Gasteiger partial charge in [-0.15, -0.1) is 0 Å². The summed E-state index contributed by atoms with van der Waals surface area (Å²) in [5.41, 5.74) is 0.546. The molecule has 0 saturated heterocycles. The van der Waals surface area contributed by atoms with E-state index in [4.69, 9.17) is 4.74 Å². The van der Waals surface area contributed by atoms with Crippen molar-refractivity contribution in [3.8, 4) is 0 Å². The summed E-state index contributed by atoms with van der Waals surface area (Å²) in [4.78, 5) is 22.8. The Labute approximate surface area is 106 Å². The van der Waals surface area contributed by atoms with E-state index in [0.29, 0.717) is 5.56 Å². The molecule has 0 heterocycles. The van der Waals surface area contributed by atoms with Crippen molar-refractivity contribution in [2.75, 3.05) is 6.61 Å². The quantitative estimate of drug-likeness (QED) is 0.759.